The first kappa shape index (κ1) is 29.1. The van der Waals surface area contributed by atoms with Crippen LogP contribution in [0.4, 0.5) is 13.2 Å². The quantitative estimate of drug-likeness (QED) is 0.106. The van der Waals surface area contributed by atoms with Gasteiger partial charge in [0.25, 0.3) is 10.1 Å². The molecule has 0 fully saturated rings. The maximum absolute atomic E-state index is 12.9. The molecule has 0 bridgehead atoms. The highest BCUT2D eigenvalue weighted by Crippen LogP contribution is 2.32. The van der Waals surface area contributed by atoms with Crippen molar-refractivity contribution in [3.05, 3.63) is 66.2 Å². The van der Waals surface area contributed by atoms with Crippen LogP contribution in [0.1, 0.15) is 67.3 Å². The van der Waals surface area contributed by atoms with E-state index >= 15 is 0 Å². The van der Waals surface area contributed by atoms with Crippen molar-refractivity contribution in [2.24, 2.45) is 0 Å². The Morgan fingerprint density at radius 2 is 1.61 bits per heavy atom. The van der Waals surface area contributed by atoms with Crippen molar-refractivity contribution in [1.29, 1.82) is 0 Å². The SMILES string of the molecule is C=CCCCCCCCCC(=O)Oc1ccc(C(=O)Oc2cccc(C(F)(F)F)c2)cc1S(=O)(=O)O. The number of allylic oxidation sites excluding steroid dienone is 1. The average Bonchev–Trinajstić information content (AvgIpc) is 2.80. The first-order chi connectivity index (χ1) is 16.9. The van der Waals surface area contributed by atoms with Gasteiger partial charge in [-0.25, -0.2) is 4.79 Å². The van der Waals surface area contributed by atoms with Crippen molar-refractivity contribution < 1.29 is 45.2 Å². The molecule has 0 aliphatic heterocycles. The summed E-state index contributed by atoms with van der Waals surface area (Å²) in [6.45, 7) is 3.66. The Kier molecular flexibility index (Phi) is 10.7. The summed E-state index contributed by atoms with van der Waals surface area (Å²) < 4.78 is 81.7. The first-order valence-corrected chi connectivity index (χ1v) is 12.7. The summed E-state index contributed by atoms with van der Waals surface area (Å²) in [7, 11) is -4.92. The van der Waals surface area contributed by atoms with Gasteiger partial charge in [0, 0.05) is 6.42 Å². The van der Waals surface area contributed by atoms with Crippen LogP contribution in [-0.2, 0) is 21.1 Å². The fraction of sp³-hybridized carbons (Fsp3) is 0.360. The number of benzene rings is 2. The van der Waals surface area contributed by atoms with Crippen molar-refractivity contribution in [2.45, 2.75) is 62.4 Å². The summed E-state index contributed by atoms with van der Waals surface area (Å²) in [5.74, 6) is -2.79. The molecule has 0 spiro atoms. The molecule has 2 aromatic rings. The lowest BCUT2D eigenvalue weighted by Gasteiger charge is -2.11. The van der Waals surface area contributed by atoms with Crippen LogP contribution < -0.4 is 9.47 Å². The van der Waals surface area contributed by atoms with E-state index in [-0.39, 0.29) is 6.42 Å². The average molecular weight is 529 g/mol. The summed E-state index contributed by atoms with van der Waals surface area (Å²) in [5, 5.41) is 0. The molecule has 0 saturated heterocycles. The number of unbranched alkanes of at least 4 members (excludes halogenated alkanes) is 6. The van der Waals surface area contributed by atoms with Gasteiger partial charge in [0.1, 0.15) is 10.6 Å². The van der Waals surface area contributed by atoms with E-state index in [2.05, 4.69) is 6.58 Å². The van der Waals surface area contributed by atoms with Crippen LogP contribution in [0.15, 0.2) is 60.0 Å². The van der Waals surface area contributed by atoms with E-state index in [0.29, 0.717) is 12.5 Å². The van der Waals surface area contributed by atoms with Gasteiger partial charge in [-0.15, -0.1) is 6.58 Å². The largest absolute Gasteiger partial charge is 0.425 e. The minimum atomic E-state index is -4.92. The first-order valence-electron chi connectivity index (χ1n) is 11.2. The molecule has 0 heterocycles. The van der Waals surface area contributed by atoms with E-state index in [4.69, 9.17) is 9.47 Å². The van der Waals surface area contributed by atoms with Crippen LogP contribution in [0.5, 0.6) is 11.5 Å². The monoisotopic (exact) mass is 528 g/mol. The van der Waals surface area contributed by atoms with E-state index in [1.807, 2.05) is 6.08 Å². The molecule has 0 unspecified atom stereocenters. The molecule has 0 amide bonds. The van der Waals surface area contributed by atoms with Crippen molar-refractivity contribution in [3.8, 4) is 11.5 Å². The predicted octanol–water partition coefficient (Wildman–Crippen LogP) is 6.38. The Balaban J connectivity index is 2.03. The third kappa shape index (κ3) is 9.46. The smallest absolute Gasteiger partial charge is 0.416 e. The Morgan fingerprint density at radius 3 is 2.25 bits per heavy atom. The number of rotatable bonds is 13. The predicted molar refractivity (Wildman–Crippen MR) is 125 cm³/mol. The normalized spacial score (nSPS) is 11.7. The van der Waals surface area contributed by atoms with Crippen LogP contribution in [0.25, 0.3) is 0 Å². The summed E-state index contributed by atoms with van der Waals surface area (Å²) in [5.41, 5.74) is -1.43. The number of hydrogen-bond acceptors (Lipinski definition) is 6. The van der Waals surface area contributed by atoms with Crippen LogP contribution in [0.3, 0.4) is 0 Å². The van der Waals surface area contributed by atoms with E-state index in [1.54, 1.807) is 0 Å². The Labute approximate surface area is 207 Å². The van der Waals surface area contributed by atoms with Gasteiger partial charge in [-0.3, -0.25) is 9.35 Å². The van der Waals surface area contributed by atoms with Crippen molar-refractivity contribution in [1.82, 2.24) is 0 Å². The second kappa shape index (κ2) is 13.2. The molecule has 0 aliphatic rings. The van der Waals surface area contributed by atoms with Gasteiger partial charge in [-0.2, -0.15) is 21.6 Å². The van der Waals surface area contributed by atoms with Gasteiger partial charge in [0.2, 0.25) is 0 Å². The van der Waals surface area contributed by atoms with Crippen molar-refractivity contribution in [2.75, 3.05) is 0 Å². The number of carbonyl (C=O) groups is 2. The molecule has 0 aromatic heterocycles. The van der Waals surface area contributed by atoms with Gasteiger partial charge >= 0.3 is 18.1 Å². The Hall–Kier alpha value is -3.18. The number of hydrogen-bond donors (Lipinski definition) is 1. The van der Waals surface area contributed by atoms with Gasteiger partial charge < -0.3 is 9.47 Å². The third-order valence-corrected chi connectivity index (χ3v) is 5.97. The molecule has 0 radical (unpaired) electrons. The Bertz CT molecular complexity index is 1170. The van der Waals surface area contributed by atoms with Crippen molar-refractivity contribution in [3.63, 3.8) is 0 Å². The summed E-state index contributed by atoms with van der Waals surface area (Å²) in [4.78, 5) is 23.7. The molecule has 2 aromatic carbocycles. The molecular formula is C25H27F3O7S. The molecule has 0 saturated carbocycles. The second-order valence-electron chi connectivity index (χ2n) is 7.97. The molecule has 1 N–H and O–H groups in total. The van der Waals surface area contributed by atoms with E-state index in [9.17, 15) is 35.7 Å². The van der Waals surface area contributed by atoms with Gasteiger partial charge in [-0.1, -0.05) is 37.8 Å². The highest BCUT2D eigenvalue weighted by molar-refractivity contribution is 7.86. The second-order valence-corrected chi connectivity index (χ2v) is 9.36. The van der Waals surface area contributed by atoms with Crippen LogP contribution >= 0.6 is 0 Å². The molecule has 11 heteroatoms. The molecule has 7 nitrogen and oxygen atoms in total. The van der Waals surface area contributed by atoms with Crippen LogP contribution in [0.2, 0.25) is 0 Å². The number of alkyl halides is 3. The lowest BCUT2D eigenvalue weighted by atomic mass is 10.1. The minimum absolute atomic E-state index is 0.0247. The summed E-state index contributed by atoms with van der Waals surface area (Å²) in [6.07, 6.45) is 3.60. The molecule has 0 atom stereocenters. The van der Waals surface area contributed by atoms with Crippen molar-refractivity contribution >= 4 is 22.1 Å². The highest BCUT2D eigenvalue weighted by atomic mass is 32.2. The third-order valence-electron chi connectivity index (χ3n) is 5.09. The lowest BCUT2D eigenvalue weighted by molar-refractivity contribution is -0.137. The van der Waals surface area contributed by atoms with Gasteiger partial charge in [0.05, 0.1) is 11.1 Å². The Morgan fingerprint density at radius 1 is 0.944 bits per heavy atom. The zero-order valence-corrected chi connectivity index (χ0v) is 20.2. The minimum Gasteiger partial charge on any atom is -0.425 e. The molecule has 196 valence electrons. The number of carbonyl (C=O) groups excluding carboxylic acids is 2. The molecular weight excluding hydrogens is 501 g/mol. The summed E-state index contributed by atoms with van der Waals surface area (Å²) in [6, 6.07) is 6.34. The summed E-state index contributed by atoms with van der Waals surface area (Å²) >= 11 is 0. The maximum Gasteiger partial charge on any atom is 0.416 e. The van der Waals surface area contributed by atoms with E-state index in [0.717, 1.165) is 74.9 Å². The fourth-order valence-corrected chi connectivity index (χ4v) is 3.90. The van der Waals surface area contributed by atoms with Crippen LogP contribution in [0, 0.1) is 0 Å². The molecule has 0 aliphatic carbocycles. The topological polar surface area (TPSA) is 107 Å². The highest BCUT2D eigenvalue weighted by Gasteiger charge is 2.31. The number of ether oxygens (including phenoxy) is 2. The lowest BCUT2D eigenvalue weighted by Crippen LogP contribution is -2.14. The molecule has 2 rings (SSSR count). The van der Waals surface area contributed by atoms with Gasteiger partial charge in [-0.05, 0) is 55.7 Å². The van der Waals surface area contributed by atoms with Crippen LogP contribution in [-0.4, -0.2) is 24.9 Å². The zero-order valence-electron chi connectivity index (χ0n) is 19.4. The fourth-order valence-electron chi connectivity index (χ4n) is 3.26. The maximum atomic E-state index is 12.9. The van der Waals surface area contributed by atoms with E-state index < -0.39 is 55.8 Å². The van der Waals surface area contributed by atoms with E-state index in [1.165, 1.54) is 0 Å². The number of halogens is 3. The number of esters is 2. The zero-order chi connectivity index (χ0) is 26.8. The van der Waals surface area contributed by atoms with Gasteiger partial charge in [0.15, 0.2) is 5.75 Å². The molecule has 36 heavy (non-hydrogen) atoms. The standard InChI is InChI=1S/C25H27F3O7S/c1-2-3-4-5-6-7-8-9-13-23(29)35-21-15-14-18(16-22(21)36(31,32)33)24(30)34-20-12-10-11-19(17-20)25(26,27)28/h2,10-12,14-17H,1,3-9,13H2,(H,31,32,33).